The number of hydrogen-bond donors (Lipinski definition) is 2. The molecule has 5 atom stereocenters. The summed E-state index contributed by atoms with van der Waals surface area (Å²) in [7, 11) is -3.17. The van der Waals surface area contributed by atoms with Crippen LogP contribution in [-0.4, -0.2) is 85.5 Å². The maximum atomic E-state index is 13.7. The Hall–Kier alpha value is -2.89. The highest BCUT2D eigenvalue weighted by Crippen LogP contribution is 2.55. The molecule has 2 aliphatic heterocycles. The molecular formula is C31H42N6O4S. The molecule has 4 aliphatic carbocycles. The number of benzene rings is 1. The van der Waals surface area contributed by atoms with Crippen molar-refractivity contribution in [1.29, 1.82) is 0 Å². The van der Waals surface area contributed by atoms with E-state index in [0.29, 0.717) is 63.4 Å². The van der Waals surface area contributed by atoms with E-state index >= 15 is 0 Å². The lowest BCUT2D eigenvalue weighted by molar-refractivity contribution is -0.136. The standard InChI is InChI=1S/C31H42N6O4S/c1-2-15-42(40,41)35-11-9-34(10-12-35)25-7-8-28(32-21-25)36-13-14-37(27-6-4-3-5-26(27)36)30(38)33-29-23-16-22-17-24(29)20-31(39,18-22)19-23/h3-8,21-24,29,39H,2,9-20H2,1H3,(H,33,38)/t22?,23-,24+,29?,31?. The van der Waals surface area contributed by atoms with Gasteiger partial charge in [-0.2, -0.15) is 4.31 Å². The number of anilines is 4. The van der Waals surface area contributed by atoms with Crippen molar-refractivity contribution in [2.75, 3.05) is 59.7 Å². The zero-order chi connectivity index (χ0) is 29.1. The van der Waals surface area contributed by atoms with Gasteiger partial charge < -0.3 is 20.2 Å². The van der Waals surface area contributed by atoms with E-state index in [9.17, 15) is 18.3 Å². The largest absolute Gasteiger partial charge is 0.390 e. The van der Waals surface area contributed by atoms with E-state index in [2.05, 4.69) is 21.2 Å². The predicted molar refractivity (Wildman–Crippen MR) is 164 cm³/mol. The average molecular weight is 595 g/mol. The van der Waals surface area contributed by atoms with Crippen LogP contribution in [0.25, 0.3) is 0 Å². The molecule has 4 bridgehead atoms. The van der Waals surface area contributed by atoms with Crippen molar-refractivity contribution >= 4 is 38.9 Å². The van der Waals surface area contributed by atoms with Crippen molar-refractivity contribution < 1.29 is 18.3 Å². The van der Waals surface area contributed by atoms with E-state index < -0.39 is 15.6 Å². The fraction of sp³-hybridized carbons (Fsp3) is 0.613. The summed E-state index contributed by atoms with van der Waals surface area (Å²) in [5, 5.41) is 14.4. The fourth-order valence-electron chi connectivity index (χ4n) is 8.58. The molecule has 0 radical (unpaired) electrons. The van der Waals surface area contributed by atoms with Gasteiger partial charge in [0.15, 0.2) is 0 Å². The van der Waals surface area contributed by atoms with E-state index in [1.165, 1.54) is 0 Å². The van der Waals surface area contributed by atoms with E-state index in [4.69, 9.17) is 4.98 Å². The fourth-order valence-corrected chi connectivity index (χ4v) is 10.1. The molecule has 6 aliphatic rings. The second-order valence-corrected chi connectivity index (χ2v) is 15.1. The molecular weight excluding hydrogens is 552 g/mol. The van der Waals surface area contributed by atoms with Crippen molar-refractivity contribution in [3.63, 3.8) is 0 Å². The number of aliphatic hydroxyl groups is 1. The van der Waals surface area contributed by atoms with Gasteiger partial charge in [0.1, 0.15) is 5.82 Å². The number of aromatic nitrogens is 1. The van der Waals surface area contributed by atoms with Gasteiger partial charge in [0.2, 0.25) is 10.0 Å². The lowest BCUT2D eigenvalue weighted by atomic mass is 9.52. The molecule has 8 rings (SSSR count). The van der Waals surface area contributed by atoms with Crippen LogP contribution in [0.15, 0.2) is 42.6 Å². The molecule has 2 N–H and O–H groups in total. The van der Waals surface area contributed by atoms with Crippen molar-refractivity contribution in [3.8, 4) is 0 Å². The molecule has 2 amide bonds. The molecule has 3 unspecified atom stereocenters. The zero-order valence-corrected chi connectivity index (χ0v) is 25.2. The molecule has 5 fully saturated rings. The minimum Gasteiger partial charge on any atom is -0.390 e. The van der Waals surface area contributed by atoms with Gasteiger partial charge in [0.05, 0.1) is 34.6 Å². The zero-order valence-electron chi connectivity index (χ0n) is 24.4. The average Bonchev–Trinajstić information content (AvgIpc) is 2.98. The van der Waals surface area contributed by atoms with Crippen LogP contribution in [0.5, 0.6) is 0 Å². The quantitative estimate of drug-likeness (QED) is 0.527. The summed E-state index contributed by atoms with van der Waals surface area (Å²) in [6, 6.07) is 12.2. The highest BCUT2D eigenvalue weighted by Gasteiger charge is 2.55. The molecule has 1 aromatic carbocycles. The number of carbonyl (C=O) groups excluding carboxylic acids is 1. The Kier molecular flexibility index (Phi) is 7.10. The van der Waals surface area contributed by atoms with Gasteiger partial charge in [-0.3, -0.25) is 4.90 Å². The second kappa shape index (κ2) is 10.7. The number of amides is 2. The van der Waals surface area contributed by atoms with Gasteiger partial charge in [0, 0.05) is 45.3 Å². The Morgan fingerprint density at radius 1 is 0.976 bits per heavy atom. The van der Waals surface area contributed by atoms with E-state index in [0.717, 1.165) is 55.0 Å². The Morgan fingerprint density at radius 2 is 1.69 bits per heavy atom. The van der Waals surface area contributed by atoms with Crippen LogP contribution in [0.2, 0.25) is 0 Å². The molecule has 226 valence electrons. The topological polar surface area (TPSA) is 109 Å². The van der Waals surface area contributed by atoms with E-state index in [1.807, 2.05) is 48.4 Å². The van der Waals surface area contributed by atoms with Crippen LogP contribution < -0.4 is 20.0 Å². The van der Waals surface area contributed by atoms with Gasteiger partial charge >= 0.3 is 6.03 Å². The van der Waals surface area contributed by atoms with Crippen molar-refractivity contribution in [2.45, 2.75) is 57.1 Å². The predicted octanol–water partition coefficient (Wildman–Crippen LogP) is 3.55. The van der Waals surface area contributed by atoms with E-state index in [1.54, 1.807) is 4.31 Å². The van der Waals surface area contributed by atoms with Crippen molar-refractivity contribution in [1.82, 2.24) is 14.6 Å². The summed E-state index contributed by atoms with van der Waals surface area (Å²) in [6.45, 7) is 5.34. The van der Waals surface area contributed by atoms with Crippen LogP contribution >= 0.6 is 0 Å². The molecule has 11 heteroatoms. The number of pyridine rings is 1. The number of urea groups is 1. The Bertz CT molecular complexity index is 1410. The molecule has 1 aromatic heterocycles. The maximum Gasteiger partial charge on any atom is 0.322 e. The first-order valence-corrected chi connectivity index (χ1v) is 17.2. The maximum absolute atomic E-state index is 13.7. The van der Waals surface area contributed by atoms with Crippen molar-refractivity contribution in [2.24, 2.45) is 17.8 Å². The van der Waals surface area contributed by atoms with Gasteiger partial charge in [0.25, 0.3) is 0 Å². The van der Waals surface area contributed by atoms with Crippen LogP contribution in [0.1, 0.15) is 45.4 Å². The highest BCUT2D eigenvalue weighted by atomic mass is 32.2. The number of carbonyl (C=O) groups is 1. The van der Waals surface area contributed by atoms with Crippen LogP contribution in [0, 0.1) is 17.8 Å². The van der Waals surface area contributed by atoms with Gasteiger partial charge in [-0.15, -0.1) is 0 Å². The van der Waals surface area contributed by atoms with E-state index in [-0.39, 0.29) is 17.8 Å². The summed E-state index contributed by atoms with van der Waals surface area (Å²) in [6.07, 6.45) is 7.28. The van der Waals surface area contributed by atoms with Crippen LogP contribution in [-0.2, 0) is 10.0 Å². The first kappa shape index (κ1) is 27.9. The number of fused-ring (bicyclic) bond motifs is 1. The number of rotatable bonds is 6. The SMILES string of the molecule is CCCS(=O)(=O)N1CCN(c2ccc(N3CCN(C(=O)NC4[C@@H]5CC6C[C@H]4CC(O)(C6)C5)c4ccccc43)nc2)CC1. The molecule has 0 spiro atoms. The Labute approximate surface area is 248 Å². The summed E-state index contributed by atoms with van der Waals surface area (Å²) >= 11 is 0. The number of piperazine rings is 1. The number of para-hydroxylation sites is 2. The third kappa shape index (κ3) is 5.03. The summed E-state index contributed by atoms with van der Waals surface area (Å²) in [5.41, 5.74) is 2.30. The minimum atomic E-state index is -3.17. The Balaban J connectivity index is 1.03. The second-order valence-electron chi connectivity index (χ2n) is 13.0. The third-order valence-electron chi connectivity index (χ3n) is 10.3. The molecule has 1 saturated heterocycles. The van der Waals surface area contributed by atoms with Gasteiger partial charge in [-0.05, 0) is 80.5 Å². The monoisotopic (exact) mass is 594 g/mol. The third-order valence-corrected chi connectivity index (χ3v) is 12.3. The Morgan fingerprint density at radius 3 is 2.33 bits per heavy atom. The minimum absolute atomic E-state index is 0.0463. The smallest absolute Gasteiger partial charge is 0.322 e. The molecule has 3 heterocycles. The lowest BCUT2D eigenvalue weighted by Crippen LogP contribution is -2.63. The van der Waals surface area contributed by atoms with Gasteiger partial charge in [-0.25, -0.2) is 18.2 Å². The molecule has 4 saturated carbocycles. The summed E-state index contributed by atoms with van der Waals surface area (Å²) in [5.74, 6) is 2.37. The molecule has 10 nitrogen and oxygen atoms in total. The number of nitrogens with one attached hydrogen (secondary N) is 1. The highest BCUT2D eigenvalue weighted by molar-refractivity contribution is 7.89. The lowest BCUT2D eigenvalue weighted by Gasteiger charge is -2.58. The molecule has 42 heavy (non-hydrogen) atoms. The number of hydrogen-bond acceptors (Lipinski definition) is 7. The summed E-state index contributed by atoms with van der Waals surface area (Å²) in [4.78, 5) is 24.7. The number of nitrogens with zero attached hydrogens (tertiary/aromatic N) is 5. The molecule has 2 aromatic rings. The van der Waals surface area contributed by atoms with Crippen LogP contribution in [0.3, 0.4) is 0 Å². The summed E-state index contributed by atoms with van der Waals surface area (Å²) < 4.78 is 26.5. The number of sulfonamides is 1. The van der Waals surface area contributed by atoms with Crippen LogP contribution in [0.4, 0.5) is 27.7 Å². The first-order valence-electron chi connectivity index (χ1n) is 15.6. The van der Waals surface area contributed by atoms with Gasteiger partial charge in [-0.1, -0.05) is 19.1 Å². The first-order chi connectivity index (χ1) is 20.2. The van der Waals surface area contributed by atoms with Crippen molar-refractivity contribution in [3.05, 3.63) is 42.6 Å². The normalized spacial score (nSPS) is 30.9.